The zero-order valence-electron chi connectivity index (χ0n) is 17.1. The first-order valence-corrected chi connectivity index (χ1v) is 10.3. The van der Waals surface area contributed by atoms with Gasteiger partial charge in [-0.05, 0) is 44.0 Å². The molecular formula is C22H28N4O3. The van der Waals surface area contributed by atoms with Gasteiger partial charge in [0.05, 0.1) is 6.54 Å². The van der Waals surface area contributed by atoms with Gasteiger partial charge in [-0.2, -0.15) is 0 Å². The third-order valence-corrected chi connectivity index (χ3v) is 5.57. The number of imidazole rings is 1. The van der Waals surface area contributed by atoms with Crippen LogP contribution in [0.2, 0.25) is 0 Å². The monoisotopic (exact) mass is 396 g/mol. The van der Waals surface area contributed by atoms with Gasteiger partial charge in [-0.25, -0.2) is 4.98 Å². The highest BCUT2D eigenvalue weighted by Gasteiger charge is 2.35. The second-order valence-electron chi connectivity index (χ2n) is 8.12. The van der Waals surface area contributed by atoms with Crippen molar-refractivity contribution in [2.24, 2.45) is 5.92 Å². The zero-order valence-corrected chi connectivity index (χ0v) is 17.1. The van der Waals surface area contributed by atoms with Gasteiger partial charge in [0.25, 0.3) is 5.91 Å². The van der Waals surface area contributed by atoms with Crippen LogP contribution in [0.4, 0.5) is 0 Å². The average molecular weight is 396 g/mol. The minimum atomic E-state index is -0.0579. The van der Waals surface area contributed by atoms with Crippen LogP contribution in [0.1, 0.15) is 47.6 Å². The lowest BCUT2D eigenvalue weighted by molar-refractivity contribution is -0.134. The Morgan fingerprint density at radius 1 is 1.17 bits per heavy atom. The average Bonchev–Trinajstić information content (AvgIpc) is 3.50. The molecule has 2 heterocycles. The van der Waals surface area contributed by atoms with Crippen LogP contribution in [-0.4, -0.2) is 57.8 Å². The lowest BCUT2D eigenvalue weighted by atomic mass is 10.1. The first-order chi connectivity index (χ1) is 14.0. The molecule has 0 radical (unpaired) electrons. The van der Waals surface area contributed by atoms with Gasteiger partial charge in [-0.1, -0.05) is 0 Å². The number of aromatic amines is 1. The third kappa shape index (κ3) is 4.78. The summed E-state index contributed by atoms with van der Waals surface area (Å²) in [7, 11) is 1.77. The number of carbonyl (C=O) groups is 2. The van der Waals surface area contributed by atoms with Crippen LogP contribution in [0, 0.1) is 12.8 Å². The van der Waals surface area contributed by atoms with E-state index in [1.165, 1.54) is 0 Å². The van der Waals surface area contributed by atoms with Crippen LogP contribution in [0.5, 0.6) is 5.75 Å². The van der Waals surface area contributed by atoms with Crippen molar-refractivity contribution in [3.8, 4) is 5.75 Å². The number of aromatic nitrogens is 2. The van der Waals surface area contributed by atoms with Crippen LogP contribution >= 0.6 is 0 Å². The number of aryl methyl sites for hydroxylation is 1. The van der Waals surface area contributed by atoms with Crippen molar-refractivity contribution in [2.45, 2.75) is 45.3 Å². The van der Waals surface area contributed by atoms with E-state index in [2.05, 4.69) is 9.97 Å². The summed E-state index contributed by atoms with van der Waals surface area (Å²) in [6.07, 6.45) is 5.68. The first-order valence-electron chi connectivity index (χ1n) is 10.3. The van der Waals surface area contributed by atoms with Gasteiger partial charge in [0, 0.05) is 56.4 Å². The number of ether oxygens (including phenoxy) is 1. The van der Waals surface area contributed by atoms with E-state index in [-0.39, 0.29) is 17.9 Å². The maximum Gasteiger partial charge on any atom is 0.254 e. The standard InChI is InChI=1S/C22H28N4O3/c1-15-13-23-20(24-15)14-25(2)21(27)16-5-7-18(8-6-16)29-19-9-11-26(12-10-19)22(28)17-3-4-17/h5-8,13,17,19H,3-4,9-12,14H2,1-2H3,(H,23,24). The molecule has 1 aromatic heterocycles. The third-order valence-electron chi connectivity index (χ3n) is 5.57. The molecule has 1 saturated heterocycles. The molecule has 2 aliphatic rings. The van der Waals surface area contributed by atoms with Crippen LogP contribution in [-0.2, 0) is 11.3 Å². The molecule has 1 aliphatic heterocycles. The minimum absolute atomic E-state index is 0.0579. The summed E-state index contributed by atoms with van der Waals surface area (Å²) in [4.78, 5) is 35.8. The molecule has 0 unspecified atom stereocenters. The summed E-state index contributed by atoms with van der Waals surface area (Å²) in [6.45, 7) is 3.91. The summed E-state index contributed by atoms with van der Waals surface area (Å²) < 4.78 is 6.08. The van der Waals surface area contributed by atoms with Crippen molar-refractivity contribution >= 4 is 11.8 Å². The number of hydrogen-bond donors (Lipinski definition) is 1. The Morgan fingerprint density at radius 3 is 2.45 bits per heavy atom. The number of nitrogens with zero attached hydrogens (tertiary/aromatic N) is 3. The topological polar surface area (TPSA) is 78.5 Å². The second-order valence-corrected chi connectivity index (χ2v) is 8.12. The molecule has 4 rings (SSSR count). The van der Waals surface area contributed by atoms with Gasteiger partial charge in [0.1, 0.15) is 17.7 Å². The second kappa shape index (κ2) is 8.27. The van der Waals surface area contributed by atoms with Crippen LogP contribution in [0.3, 0.4) is 0 Å². The van der Waals surface area contributed by atoms with Crippen molar-refractivity contribution in [3.63, 3.8) is 0 Å². The van der Waals surface area contributed by atoms with Crippen molar-refractivity contribution in [1.29, 1.82) is 0 Å². The smallest absolute Gasteiger partial charge is 0.254 e. The zero-order chi connectivity index (χ0) is 20.4. The van der Waals surface area contributed by atoms with E-state index < -0.39 is 0 Å². The van der Waals surface area contributed by atoms with Gasteiger partial charge in [0.15, 0.2) is 0 Å². The van der Waals surface area contributed by atoms with Gasteiger partial charge in [-0.3, -0.25) is 9.59 Å². The quantitative estimate of drug-likeness (QED) is 0.814. The molecule has 2 amide bonds. The summed E-state index contributed by atoms with van der Waals surface area (Å²) in [5.74, 6) is 2.08. The molecule has 7 nitrogen and oxygen atoms in total. The molecule has 1 N–H and O–H groups in total. The molecule has 1 aliphatic carbocycles. The largest absolute Gasteiger partial charge is 0.490 e. The predicted molar refractivity (Wildman–Crippen MR) is 109 cm³/mol. The Morgan fingerprint density at radius 2 is 1.86 bits per heavy atom. The number of likely N-dealkylation sites (tertiary alicyclic amines) is 1. The van der Waals surface area contributed by atoms with E-state index in [4.69, 9.17) is 4.74 Å². The highest BCUT2D eigenvalue weighted by atomic mass is 16.5. The maximum absolute atomic E-state index is 12.6. The lowest BCUT2D eigenvalue weighted by Crippen LogP contribution is -2.42. The normalized spacial score (nSPS) is 17.2. The Kier molecular flexibility index (Phi) is 5.56. The summed E-state index contributed by atoms with van der Waals surface area (Å²) in [5, 5.41) is 0. The number of rotatable bonds is 6. The number of carbonyl (C=O) groups excluding carboxylic acids is 2. The number of piperidine rings is 1. The van der Waals surface area contributed by atoms with Crippen LogP contribution < -0.4 is 4.74 Å². The highest BCUT2D eigenvalue weighted by Crippen LogP contribution is 2.32. The summed E-state index contributed by atoms with van der Waals surface area (Å²) >= 11 is 0. The summed E-state index contributed by atoms with van der Waals surface area (Å²) in [6, 6.07) is 7.29. The first kappa shape index (κ1) is 19.5. The van der Waals surface area contributed by atoms with Gasteiger partial charge >= 0.3 is 0 Å². The fraction of sp³-hybridized carbons (Fsp3) is 0.500. The van der Waals surface area contributed by atoms with Gasteiger partial charge < -0.3 is 19.5 Å². The predicted octanol–water partition coefficient (Wildman–Crippen LogP) is 2.77. The molecule has 0 bridgehead atoms. The van der Waals surface area contributed by atoms with E-state index in [1.54, 1.807) is 30.3 Å². The molecule has 1 aromatic carbocycles. The van der Waals surface area contributed by atoms with Crippen LogP contribution in [0.25, 0.3) is 0 Å². The van der Waals surface area contributed by atoms with E-state index in [0.717, 1.165) is 56.0 Å². The SMILES string of the molecule is Cc1cnc(CN(C)C(=O)c2ccc(OC3CCN(C(=O)C4CC4)CC3)cc2)[nH]1. The van der Waals surface area contributed by atoms with Gasteiger partial charge in [-0.15, -0.1) is 0 Å². The van der Waals surface area contributed by atoms with Crippen molar-refractivity contribution < 1.29 is 14.3 Å². The number of H-pyrrole nitrogens is 1. The minimum Gasteiger partial charge on any atom is -0.490 e. The lowest BCUT2D eigenvalue weighted by Gasteiger charge is -2.32. The Balaban J connectivity index is 1.27. The molecule has 0 spiro atoms. The Bertz CT molecular complexity index is 864. The Hall–Kier alpha value is -2.83. The Labute approximate surface area is 171 Å². The van der Waals surface area contributed by atoms with E-state index in [0.29, 0.717) is 18.0 Å². The molecule has 7 heteroatoms. The number of amides is 2. The molecule has 0 atom stereocenters. The number of benzene rings is 1. The fourth-order valence-electron chi connectivity index (χ4n) is 3.72. The number of hydrogen-bond acceptors (Lipinski definition) is 4. The summed E-state index contributed by atoms with van der Waals surface area (Å²) in [5.41, 5.74) is 1.60. The van der Waals surface area contributed by atoms with Crippen LogP contribution in [0.15, 0.2) is 30.5 Å². The van der Waals surface area contributed by atoms with E-state index >= 15 is 0 Å². The van der Waals surface area contributed by atoms with Crippen molar-refractivity contribution in [3.05, 3.63) is 47.5 Å². The number of nitrogens with one attached hydrogen (secondary N) is 1. The molecule has 2 aromatic rings. The van der Waals surface area contributed by atoms with E-state index in [9.17, 15) is 9.59 Å². The van der Waals surface area contributed by atoms with Gasteiger partial charge in [0.2, 0.25) is 5.91 Å². The van der Waals surface area contributed by atoms with E-state index in [1.807, 2.05) is 24.0 Å². The highest BCUT2D eigenvalue weighted by molar-refractivity contribution is 5.94. The molecule has 154 valence electrons. The van der Waals surface area contributed by atoms with Crippen molar-refractivity contribution in [1.82, 2.24) is 19.8 Å². The molecular weight excluding hydrogens is 368 g/mol. The fourth-order valence-corrected chi connectivity index (χ4v) is 3.72. The maximum atomic E-state index is 12.6. The van der Waals surface area contributed by atoms with Crippen molar-refractivity contribution in [2.75, 3.05) is 20.1 Å². The molecule has 1 saturated carbocycles. The molecule has 29 heavy (non-hydrogen) atoms. The molecule has 2 fully saturated rings.